The molecule has 0 N–H and O–H groups in total. The number of rotatable bonds is 9. The van der Waals surface area contributed by atoms with Crippen molar-refractivity contribution in [1.82, 2.24) is 0 Å². The maximum absolute atomic E-state index is 2.43. The van der Waals surface area contributed by atoms with Crippen molar-refractivity contribution in [3.63, 3.8) is 0 Å². The lowest BCUT2D eigenvalue weighted by Gasteiger charge is -2.26. The first-order valence-electron chi connectivity index (χ1n) is 42.5. The summed E-state index contributed by atoms with van der Waals surface area (Å²) < 4.78 is 13.2. The molecule has 18 rings (SSSR count). The molecule has 119 heavy (non-hydrogen) atoms. The average Bonchev–Trinajstić information content (AvgIpc) is 0.795. The fourth-order valence-electron chi connectivity index (χ4n) is 16.7. The summed E-state index contributed by atoms with van der Waals surface area (Å²) in [4.78, 5) is 14.4. The van der Waals surface area contributed by atoms with E-state index in [1.165, 1.54) is 136 Å². The molecule has 12 nitrogen and oxygen atoms in total. The van der Waals surface area contributed by atoms with Crippen LogP contribution in [0.4, 0.5) is 69.0 Å². The molecule has 6 aliphatic rings. The fraction of sp³-hybridized carbons (Fsp3) is 0.228. The number of anilines is 12. The zero-order valence-electron chi connectivity index (χ0n) is 73.9. The normalized spacial score (nSPS) is 13.7. The molecule has 12 aromatic rings. The molecule has 594 valence electrons. The van der Waals surface area contributed by atoms with Gasteiger partial charge in [-0.05, 0) is 187 Å². The van der Waals surface area contributed by atoms with E-state index in [2.05, 4.69) is 523 Å². The lowest BCUT2D eigenvalue weighted by Crippen LogP contribution is -2.43. The summed E-state index contributed by atoms with van der Waals surface area (Å²) in [6.07, 6.45) is 27.4. The molecule has 0 aliphatic carbocycles. The molecule has 0 bridgehead atoms. The minimum Gasteiger partial charge on any atom is -0.287 e. The van der Waals surface area contributed by atoms with Crippen LogP contribution in [-0.4, -0.2) is 41.1 Å². The van der Waals surface area contributed by atoms with Gasteiger partial charge in [0.15, 0.2) is 0 Å². The van der Waals surface area contributed by atoms with Crippen molar-refractivity contribution in [2.75, 3.05) is 28.9 Å². The summed E-state index contributed by atoms with van der Waals surface area (Å²) in [5.41, 5.74) is 23.4. The Hall–Kier alpha value is -12.2. The van der Waals surface area contributed by atoms with Crippen LogP contribution in [0.25, 0.3) is 36.5 Å². The van der Waals surface area contributed by atoms with Crippen molar-refractivity contribution < 1.29 is 27.4 Å². The second-order valence-corrected chi connectivity index (χ2v) is 33.5. The van der Waals surface area contributed by atoms with Crippen LogP contribution in [0.15, 0.2) is 291 Å². The van der Waals surface area contributed by atoms with Crippen LogP contribution in [0.2, 0.25) is 40.9 Å². The summed E-state index contributed by atoms with van der Waals surface area (Å²) in [6, 6.07) is 77.9. The first kappa shape index (κ1) is 84.8. The third-order valence-electron chi connectivity index (χ3n) is 23.4. The van der Waals surface area contributed by atoms with E-state index in [1.54, 1.807) is 0 Å². The van der Waals surface area contributed by atoms with Gasteiger partial charge < -0.3 is 0 Å². The fourth-order valence-corrected chi connectivity index (χ4v) is 16.7. The van der Waals surface area contributed by atoms with E-state index in [9.17, 15) is 0 Å². The van der Waals surface area contributed by atoms with Crippen LogP contribution in [0.1, 0.15) is 100 Å². The lowest BCUT2D eigenvalue weighted by atomic mass is 9.60. The first-order chi connectivity index (χ1) is 57.3. The largest absolute Gasteiger partial charge is 0.402 e. The molecule has 0 spiro atoms. The van der Waals surface area contributed by atoms with Crippen LogP contribution in [0.3, 0.4) is 0 Å². The van der Waals surface area contributed by atoms with E-state index in [0.29, 0.717) is 52.9 Å². The van der Waals surface area contributed by atoms with Crippen molar-refractivity contribution in [3.05, 3.63) is 358 Å². The number of pyridine rings is 6. The minimum atomic E-state index is 0.355. The third kappa shape index (κ3) is 19.4. The molecule has 12 heterocycles. The Labute approximate surface area is 713 Å². The smallest absolute Gasteiger partial charge is 0.287 e. The predicted molar refractivity (Wildman–Crippen MR) is 513 cm³/mol. The Kier molecular flexibility index (Phi) is 27.1. The molecule has 6 aliphatic heterocycles. The highest BCUT2D eigenvalue weighted by atomic mass is 15.2. The van der Waals surface area contributed by atoms with Gasteiger partial charge in [0.1, 0.15) is 34.1 Å². The Morgan fingerprint density at radius 3 is 0.950 bits per heavy atom. The molecule has 0 radical (unpaired) electrons. The maximum Gasteiger partial charge on any atom is 0.402 e. The summed E-state index contributed by atoms with van der Waals surface area (Å²) in [6.45, 7) is 33.2. The number of hydrogen-bond donors (Lipinski definition) is 0. The summed E-state index contributed by atoms with van der Waals surface area (Å²) in [5, 5.41) is 0. The molecule has 0 unspecified atom stereocenters. The van der Waals surface area contributed by atoms with Crippen molar-refractivity contribution in [3.8, 4) is 0 Å². The van der Waals surface area contributed by atoms with Gasteiger partial charge in [-0.15, -0.1) is 0 Å². The minimum absolute atomic E-state index is 0.355. The topological polar surface area (TPSA) is 42.7 Å². The van der Waals surface area contributed by atoms with Crippen LogP contribution in [0.5, 0.6) is 0 Å². The van der Waals surface area contributed by atoms with Gasteiger partial charge in [0.2, 0.25) is 0 Å². The van der Waals surface area contributed by atoms with Crippen LogP contribution in [-0.2, 0) is 48.7 Å². The summed E-state index contributed by atoms with van der Waals surface area (Å²) >= 11 is 0. The lowest BCUT2D eigenvalue weighted by molar-refractivity contribution is -0.658. The number of fused-ring (bicyclic) bond motifs is 6. The standard InChI is InChI=1S/C19H24BN2.C18H22BN2.C17H20BN2.2C16H18BN2.C15H16BN2/c1-15(2)13-16-10-12-21(4)19(14-16)22-18-8-6-5-7-17(18)9-11-20(22)3;1-14(2)16-10-12-20(4)18(13-16)21-17-8-6-5-7-15(17)9-11-19(21)3;1-13-11-17(19(4)12-14(13)2)20-16-8-6-5-7-15(16)9-10-18(20)3;1-13-9-11-18(3)16(12-13)19-15-7-5-4-6-14(15)8-10-17(19)2;1-13-8-9-16(18(3)12-13)19-15-7-5-4-6-14(15)10-11-17(19)2;1-16-11-10-13-7-3-4-8-14(13)18(16)15-9-5-6-12-17(15)2/h5-12,14-15H,13H2,1-4H3;5-14H,1-4H3;5-12H,1-4H3;2*4-12H,1-3H3;3-12H,1-2H3/q6*+1. The molecule has 0 fully saturated rings. The Morgan fingerprint density at radius 1 is 0.269 bits per heavy atom. The third-order valence-corrected chi connectivity index (χ3v) is 23.4. The highest BCUT2D eigenvalue weighted by Gasteiger charge is 2.39. The van der Waals surface area contributed by atoms with Gasteiger partial charge in [-0.2, -0.15) is 0 Å². The van der Waals surface area contributed by atoms with Gasteiger partial charge in [0.25, 0.3) is 34.9 Å². The van der Waals surface area contributed by atoms with Crippen LogP contribution >= 0.6 is 0 Å². The average molecular weight is 1570 g/mol. The number of aromatic nitrogens is 6. The molecule has 0 atom stereocenters. The molecule has 6 aromatic heterocycles. The Bertz CT molecular complexity index is 5810. The van der Waals surface area contributed by atoms with E-state index in [-0.39, 0.29) is 0 Å². The molecule has 0 amide bonds. The predicted octanol–water partition coefficient (Wildman–Crippen LogP) is 20.6. The van der Waals surface area contributed by atoms with Gasteiger partial charge in [0.05, 0.1) is 79.5 Å². The van der Waals surface area contributed by atoms with Gasteiger partial charge in [-0.1, -0.05) is 215 Å². The van der Waals surface area contributed by atoms with Gasteiger partial charge in [-0.3, -0.25) is 28.9 Å². The number of para-hydroxylation sites is 6. The van der Waals surface area contributed by atoms with Gasteiger partial charge in [-0.25, -0.2) is 27.4 Å². The van der Waals surface area contributed by atoms with Crippen molar-refractivity contribution in [1.29, 1.82) is 0 Å². The van der Waals surface area contributed by atoms with Crippen LogP contribution < -0.4 is 56.3 Å². The number of hydrogen-bond acceptors (Lipinski definition) is 6. The second kappa shape index (κ2) is 38.1. The molecule has 0 saturated carbocycles. The van der Waals surface area contributed by atoms with E-state index < -0.39 is 0 Å². The van der Waals surface area contributed by atoms with E-state index >= 15 is 0 Å². The summed E-state index contributed by atoms with van der Waals surface area (Å²) in [5.74, 6) is 22.1. The molecule has 18 heteroatoms. The quantitative estimate of drug-likeness (QED) is 0.106. The van der Waals surface area contributed by atoms with Gasteiger partial charge in [0, 0.05) is 69.8 Å². The zero-order chi connectivity index (χ0) is 84.3. The highest BCUT2D eigenvalue weighted by molar-refractivity contribution is 6.72. The first-order valence-corrected chi connectivity index (χ1v) is 42.5. The van der Waals surface area contributed by atoms with E-state index in [4.69, 9.17) is 0 Å². The highest BCUT2D eigenvalue weighted by Crippen LogP contribution is 2.40. The maximum atomic E-state index is 2.43. The van der Waals surface area contributed by atoms with E-state index in [0.717, 1.165) is 6.42 Å². The second-order valence-electron chi connectivity index (χ2n) is 33.5. The number of nitrogens with zero attached hydrogens (tertiary/aromatic N) is 12. The monoisotopic (exact) mass is 1570 g/mol. The van der Waals surface area contributed by atoms with Crippen molar-refractivity contribution >= 4 is 147 Å². The Balaban J connectivity index is 0.000000124. The number of benzene rings is 6. The van der Waals surface area contributed by atoms with Crippen LogP contribution in [0, 0.1) is 33.6 Å². The number of aryl methyl sites for hydroxylation is 10. The molecular formula is C101H118B6N12+6. The zero-order valence-corrected chi connectivity index (χ0v) is 73.9. The molecular weight excluding hydrogens is 1450 g/mol. The van der Waals surface area contributed by atoms with Crippen molar-refractivity contribution in [2.24, 2.45) is 48.2 Å². The van der Waals surface area contributed by atoms with E-state index in [1.807, 2.05) is 0 Å². The molecule has 0 saturated heterocycles. The summed E-state index contributed by atoms with van der Waals surface area (Å²) in [7, 11) is 12.7. The molecule has 6 aromatic carbocycles. The SMILES string of the molecule is CB1C=Cc2ccccc2N1c1cc(C(C)C)cc[n+]1C.CB1C=Cc2ccccc2N1c1cc(C)c(C)c[n+]1C.CB1C=Cc2ccccc2N1c1cc(C)cc[n+]1C.CB1C=Cc2ccccc2N1c1cc(CC(C)C)cc[n+]1C.CB1C=Cc2ccccc2N1c1ccc(C)c[n+]1C.CB1C=Cc2ccccc2N1c1cccc[n+]1C. The van der Waals surface area contributed by atoms with Crippen molar-refractivity contribution in [2.45, 2.75) is 109 Å². The van der Waals surface area contributed by atoms with Gasteiger partial charge >= 0.3 is 41.1 Å². The Morgan fingerprint density at radius 2 is 0.580 bits per heavy atom.